The number of carboxylic acids is 1. The van der Waals surface area contributed by atoms with Crippen molar-refractivity contribution in [2.75, 3.05) is 13.1 Å². The maximum atomic E-state index is 13.4. The van der Waals surface area contributed by atoms with E-state index in [0.717, 1.165) is 16.5 Å². The molecule has 1 fully saturated rings. The Morgan fingerprint density at radius 1 is 1.18 bits per heavy atom. The largest absolute Gasteiger partial charge is 0.480 e. The lowest BCUT2D eigenvalue weighted by molar-refractivity contribution is -0.144. The summed E-state index contributed by atoms with van der Waals surface area (Å²) >= 11 is 0. The van der Waals surface area contributed by atoms with E-state index in [1.807, 2.05) is 30.5 Å². The molecule has 218 valence electrons. The van der Waals surface area contributed by atoms with Crippen LogP contribution < -0.4 is 27.8 Å². The first kappa shape index (κ1) is 30.4. The second-order valence-corrected chi connectivity index (χ2v) is 10.4. The maximum absolute atomic E-state index is 13.4. The minimum Gasteiger partial charge on any atom is -0.480 e. The number of guanidine groups is 1. The van der Waals surface area contributed by atoms with E-state index in [1.54, 1.807) is 13.8 Å². The Bertz CT molecular complexity index is 1240. The molecule has 1 aliphatic rings. The Hall–Kier alpha value is -4.13. The molecule has 10 N–H and O–H groups in total. The van der Waals surface area contributed by atoms with E-state index in [2.05, 4.69) is 20.6 Å². The van der Waals surface area contributed by atoms with Crippen LogP contribution in [-0.4, -0.2) is 81.9 Å². The Kier molecular flexibility index (Phi) is 10.5. The number of nitrogens with one attached hydrogen (secondary N) is 3. The molecule has 0 saturated carbocycles. The van der Waals surface area contributed by atoms with Gasteiger partial charge in [-0.15, -0.1) is 0 Å². The predicted molar refractivity (Wildman–Crippen MR) is 151 cm³/mol. The molecule has 4 atom stereocenters. The fourth-order valence-electron chi connectivity index (χ4n) is 4.95. The van der Waals surface area contributed by atoms with Crippen LogP contribution in [0.15, 0.2) is 35.5 Å². The monoisotopic (exact) mass is 556 g/mol. The second-order valence-electron chi connectivity index (χ2n) is 10.4. The fourth-order valence-corrected chi connectivity index (χ4v) is 4.95. The number of carbonyl (C=O) groups excluding carboxylic acids is 3. The van der Waals surface area contributed by atoms with Crippen LogP contribution in [0.4, 0.5) is 0 Å². The minimum absolute atomic E-state index is 0.0973. The zero-order valence-electron chi connectivity index (χ0n) is 22.9. The third kappa shape index (κ3) is 7.72. The van der Waals surface area contributed by atoms with Gasteiger partial charge >= 0.3 is 5.97 Å². The number of aliphatic carboxylic acids is 1. The zero-order chi connectivity index (χ0) is 29.4. The molecule has 40 heavy (non-hydrogen) atoms. The highest BCUT2D eigenvalue weighted by molar-refractivity contribution is 5.94. The number of hydrogen-bond donors (Lipinski definition) is 7. The van der Waals surface area contributed by atoms with Crippen molar-refractivity contribution in [1.29, 1.82) is 0 Å². The third-order valence-corrected chi connectivity index (χ3v) is 7.08. The number of aliphatic imine (C=N–C) groups is 1. The van der Waals surface area contributed by atoms with Crippen molar-refractivity contribution in [3.05, 3.63) is 36.0 Å². The Morgan fingerprint density at radius 3 is 2.58 bits per heavy atom. The molecule has 1 aliphatic heterocycles. The molecule has 13 nitrogen and oxygen atoms in total. The van der Waals surface area contributed by atoms with Crippen molar-refractivity contribution >= 4 is 40.6 Å². The van der Waals surface area contributed by atoms with Crippen LogP contribution in [0.1, 0.15) is 45.1 Å². The standard InChI is InChI=1S/C27H40N8O5/c1-15(2)22(26(39)40)34-23(36)20(9-5-11-31-27(29)30)33-24(37)21-10-6-12-35(21)25(38)18(28)13-16-14-32-19-8-4-3-7-17(16)19/h3-4,7-8,14-15,18,20-22,32H,5-6,9-13,28H2,1-2H3,(H,33,37)(H,34,36)(H,39,40)(H4,29,30,31). The van der Waals surface area contributed by atoms with Crippen molar-refractivity contribution in [3.8, 4) is 0 Å². The summed E-state index contributed by atoms with van der Waals surface area (Å²) in [6.45, 7) is 3.94. The SMILES string of the molecule is CC(C)C(NC(=O)C(CCCN=C(N)N)NC(=O)C1CCCN1C(=O)C(N)Cc1c[nH]c2ccccc12)C(=O)O. The first-order valence-corrected chi connectivity index (χ1v) is 13.5. The number of nitrogens with two attached hydrogens (primary N) is 3. The van der Waals surface area contributed by atoms with Crippen LogP contribution in [0.3, 0.4) is 0 Å². The number of likely N-dealkylation sites (tertiary alicyclic amines) is 1. The summed E-state index contributed by atoms with van der Waals surface area (Å²) < 4.78 is 0. The average molecular weight is 557 g/mol. The molecule has 1 aromatic heterocycles. The van der Waals surface area contributed by atoms with Gasteiger partial charge in [-0.25, -0.2) is 4.79 Å². The summed E-state index contributed by atoms with van der Waals surface area (Å²) in [5, 5.41) is 15.7. The summed E-state index contributed by atoms with van der Waals surface area (Å²) in [6, 6.07) is 3.91. The maximum Gasteiger partial charge on any atom is 0.326 e. The molecular weight excluding hydrogens is 516 g/mol. The number of rotatable bonds is 13. The molecule has 2 aromatic rings. The number of para-hydroxylation sites is 1. The normalized spacial score (nSPS) is 17.3. The highest BCUT2D eigenvalue weighted by Crippen LogP contribution is 2.22. The zero-order valence-corrected chi connectivity index (χ0v) is 22.9. The summed E-state index contributed by atoms with van der Waals surface area (Å²) in [5.41, 5.74) is 18.9. The molecule has 0 aliphatic carbocycles. The molecule has 13 heteroatoms. The number of carbonyl (C=O) groups is 4. The predicted octanol–water partition coefficient (Wildman–Crippen LogP) is -0.207. The molecule has 1 aromatic carbocycles. The summed E-state index contributed by atoms with van der Waals surface area (Å²) in [6.07, 6.45) is 3.69. The summed E-state index contributed by atoms with van der Waals surface area (Å²) in [7, 11) is 0. The van der Waals surface area contributed by atoms with Crippen molar-refractivity contribution in [2.24, 2.45) is 28.1 Å². The van der Waals surface area contributed by atoms with Crippen molar-refractivity contribution in [3.63, 3.8) is 0 Å². The van der Waals surface area contributed by atoms with Gasteiger partial charge in [0.05, 0.1) is 6.04 Å². The molecule has 3 amide bonds. The fraction of sp³-hybridized carbons (Fsp3) is 0.519. The molecular formula is C27H40N8O5. The van der Waals surface area contributed by atoms with Crippen LogP contribution in [-0.2, 0) is 25.6 Å². The Balaban J connectivity index is 1.69. The van der Waals surface area contributed by atoms with E-state index >= 15 is 0 Å². The molecule has 1 saturated heterocycles. The average Bonchev–Trinajstić information content (AvgIpc) is 3.55. The van der Waals surface area contributed by atoms with E-state index in [1.165, 1.54) is 4.90 Å². The highest BCUT2D eigenvalue weighted by atomic mass is 16.4. The van der Waals surface area contributed by atoms with E-state index in [0.29, 0.717) is 32.2 Å². The number of carboxylic acid groups (broad SMARTS) is 1. The smallest absolute Gasteiger partial charge is 0.326 e. The van der Waals surface area contributed by atoms with Crippen LogP contribution in [0, 0.1) is 5.92 Å². The van der Waals surface area contributed by atoms with Gasteiger partial charge in [-0.2, -0.15) is 0 Å². The van der Waals surface area contributed by atoms with E-state index in [9.17, 15) is 24.3 Å². The van der Waals surface area contributed by atoms with Gasteiger partial charge in [0.1, 0.15) is 18.1 Å². The number of H-pyrrole nitrogens is 1. The van der Waals surface area contributed by atoms with Gasteiger partial charge in [0.2, 0.25) is 17.7 Å². The van der Waals surface area contributed by atoms with Crippen LogP contribution in [0.5, 0.6) is 0 Å². The number of amides is 3. The van der Waals surface area contributed by atoms with E-state index in [-0.39, 0.29) is 30.8 Å². The Labute approximate surface area is 232 Å². The molecule has 2 heterocycles. The summed E-state index contributed by atoms with van der Waals surface area (Å²) in [5.74, 6) is -3.12. The van der Waals surface area contributed by atoms with Gasteiger partial charge in [-0.1, -0.05) is 32.0 Å². The van der Waals surface area contributed by atoms with Gasteiger partial charge < -0.3 is 42.8 Å². The van der Waals surface area contributed by atoms with Crippen molar-refractivity contribution in [1.82, 2.24) is 20.5 Å². The number of nitrogens with zero attached hydrogens (tertiary/aromatic N) is 2. The molecule has 0 radical (unpaired) electrons. The number of fused-ring (bicyclic) bond motifs is 1. The molecule has 0 bridgehead atoms. The highest BCUT2D eigenvalue weighted by Gasteiger charge is 2.38. The quantitative estimate of drug-likeness (QED) is 0.0991. The minimum atomic E-state index is -1.18. The first-order valence-electron chi connectivity index (χ1n) is 13.5. The molecule has 4 unspecified atom stereocenters. The lowest BCUT2D eigenvalue weighted by Crippen LogP contribution is -2.57. The third-order valence-electron chi connectivity index (χ3n) is 7.08. The van der Waals surface area contributed by atoms with Gasteiger partial charge in [-0.05, 0) is 49.7 Å². The van der Waals surface area contributed by atoms with Crippen LogP contribution in [0.25, 0.3) is 10.9 Å². The van der Waals surface area contributed by atoms with Gasteiger partial charge in [-0.3, -0.25) is 19.4 Å². The molecule has 0 spiro atoms. The number of aromatic nitrogens is 1. The molecule has 3 rings (SSSR count). The van der Waals surface area contributed by atoms with E-state index < -0.39 is 42.0 Å². The van der Waals surface area contributed by atoms with Crippen molar-refractivity contribution in [2.45, 2.75) is 70.1 Å². The summed E-state index contributed by atoms with van der Waals surface area (Å²) in [4.78, 5) is 60.0. The lowest BCUT2D eigenvalue weighted by Gasteiger charge is -2.29. The number of aromatic amines is 1. The van der Waals surface area contributed by atoms with E-state index in [4.69, 9.17) is 17.2 Å². The van der Waals surface area contributed by atoms with Crippen LogP contribution in [0.2, 0.25) is 0 Å². The first-order chi connectivity index (χ1) is 19.0. The van der Waals surface area contributed by atoms with Gasteiger partial charge in [0, 0.05) is 30.2 Å². The number of hydrogen-bond acceptors (Lipinski definition) is 6. The van der Waals surface area contributed by atoms with Crippen molar-refractivity contribution < 1.29 is 24.3 Å². The Morgan fingerprint density at radius 2 is 1.90 bits per heavy atom. The van der Waals surface area contributed by atoms with Crippen LogP contribution >= 0.6 is 0 Å². The number of benzene rings is 1. The lowest BCUT2D eigenvalue weighted by atomic mass is 10.0. The van der Waals surface area contributed by atoms with Gasteiger partial charge in [0.25, 0.3) is 0 Å². The second kappa shape index (κ2) is 13.8. The van der Waals surface area contributed by atoms with Gasteiger partial charge in [0.15, 0.2) is 5.96 Å². The topological polar surface area (TPSA) is 222 Å².